The zero-order chi connectivity index (χ0) is 12.3. The summed E-state index contributed by atoms with van der Waals surface area (Å²) in [7, 11) is 1.34. The largest absolute Gasteiger partial charge is 0.458 e. The minimum atomic E-state index is -5.71. The van der Waals surface area contributed by atoms with Gasteiger partial charge in [0, 0.05) is 0 Å². The Morgan fingerprint density at radius 3 is 2.13 bits per heavy atom. The van der Waals surface area contributed by atoms with Crippen LogP contribution in [0.25, 0.3) is 0 Å². The number of halogens is 5. The van der Waals surface area contributed by atoms with Crippen molar-refractivity contribution in [3.63, 3.8) is 0 Å². The second-order valence-electron chi connectivity index (χ2n) is 2.82. The first-order valence-electron chi connectivity index (χ1n) is 3.90. The molecule has 0 spiro atoms. The molecule has 0 aliphatic rings. The summed E-state index contributed by atoms with van der Waals surface area (Å²) in [5.74, 6) is -6.18. The predicted molar refractivity (Wildman–Crippen MR) is 40.5 cm³/mol. The lowest BCUT2D eigenvalue weighted by atomic mass is 10.3. The first-order valence-corrected chi connectivity index (χ1v) is 3.90. The van der Waals surface area contributed by atoms with Crippen LogP contribution in [0.15, 0.2) is 0 Å². The molecule has 0 aromatic carbocycles. The highest BCUT2D eigenvalue weighted by Crippen LogP contribution is 2.35. The Hall–Kier alpha value is -0.920. The molecule has 0 aromatic heterocycles. The molecule has 0 rings (SSSR count). The molecule has 0 bridgehead atoms. The Bertz CT molecular complexity index is 228. The zero-order valence-electron chi connectivity index (χ0n) is 7.99. The first-order chi connectivity index (χ1) is 6.62. The van der Waals surface area contributed by atoms with Gasteiger partial charge in [-0.3, -0.25) is 4.79 Å². The van der Waals surface area contributed by atoms with Gasteiger partial charge in [-0.05, 0) is 14.0 Å². The van der Waals surface area contributed by atoms with Crippen molar-refractivity contribution in [2.75, 3.05) is 13.7 Å². The van der Waals surface area contributed by atoms with Crippen molar-refractivity contribution in [1.29, 1.82) is 0 Å². The molecule has 0 saturated heterocycles. The monoisotopic (exact) mass is 235 g/mol. The van der Waals surface area contributed by atoms with Crippen LogP contribution in [0.2, 0.25) is 0 Å². The van der Waals surface area contributed by atoms with Crippen LogP contribution in [-0.4, -0.2) is 37.8 Å². The van der Waals surface area contributed by atoms with Crippen molar-refractivity contribution in [3.05, 3.63) is 0 Å². The highest BCUT2D eigenvalue weighted by molar-refractivity contribution is 5.75. The van der Waals surface area contributed by atoms with Crippen LogP contribution in [0, 0.1) is 0 Å². The minimum Gasteiger partial charge on any atom is -0.458 e. The molecular formula is C7H10F5NO2. The first kappa shape index (κ1) is 14.1. The van der Waals surface area contributed by atoms with E-state index in [9.17, 15) is 26.7 Å². The Kier molecular flexibility index (Phi) is 4.44. The summed E-state index contributed by atoms with van der Waals surface area (Å²) in [5.41, 5.74) is 0. The average Bonchev–Trinajstić information content (AvgIpc) is 2.11. The average molecular weight is 235 g/mol. The third kappa shape index (κ3) is 3.98. The van der Waals surface area contributed by atoms with Gasteiger partial charge in [-0.25, -0.2) is 0 Å². The van der Waals surface area contributed by atoms with Gasteiger partial charge in [-0.1, -0.05) is 0 Å². The lowest BCUT2D eigenvalue weighted by Crippen LogP contribution is -2.43. The van der Waals surface area contributed by atoms with Crippen molar-refractivity contribution in [3.8, 4) is 0 Å². The maximum atomic E-state index is 12.2. The highest BCUT2D eigenvalue weighted by Gasteiger charge is 2.58. The Balaban J connectivity index is 4.22. The fourth-order valence-electron chi connectivity index (χ4n) is 0.486. The summed E-state index contributed by atoms with van der Waals surface area (Å²) in [5, 5.41) is 2.34. The van der Waals surface area contributed by atoms with Crippen LogP contribution in [0.3, 0.4) is 0 Å². The third-order valence-electron chi connectivity index (χ3n) is 1.60. The van der Waals surface area contributed by atoms with Gasteiger partial charge in [0.05, 0.1) is 0 Å². The molecule has 0 saturated carbocycles. The number of nitrogens with one attached hydrogen (secondary N) is 1. The number of carbonyl (C=O) groups is 1. The number of alkyl halides is 5. The molecule has 0 aliphatic heterocycles. The normalized spacial score (nSPS) is 14.9. The van der Waals surface area contributed by atoms with Gasteiger partial charge in [0.1, 0.15) is 6.04 Å². The molecule has 15 heavy (non-hydrogen) atoms. The molecule has 1 N–H and O–H groups in total. The molecule has 0 amide bonds. The SMILES string of the molecule is CNC(C)C(=O)OCC(F)(F)C(F)(F)F. The zero-order valence-corrected chi connectivity index (χ0v) is 7.99. The molecule has 90 valence electrons. The highest BCUT2D eigenvalue weighted by atomic mass is 19.4. The van der Waals surface area contributed by atoms with Gasteiger partial charge >= 0.3 is 18.1 Å². The van der Waals surface area contributed by atoms with Gasteiger partial charge in [0.2, 0.25) is 0 Å². The fraction of sp³-hybridized carbons (Fsp3) is 0.857. The fourth-order valence-corrected chi connectivity index (χ4v) is 0.486. The molecule has 0 aliphatic carbocycles. The smallest absolute Gasteiger partial charge is 0.456 e. The number of hydrogen-bond donors (Lipinski definition) is 1. The van der Waals surface area contributed by atoms with Crippen molar-refractivity contribution in [1.82, 2.24) is 5.32 Å². The van der Waals surface area contributed by atoms with E-state index in [4.69, 9.17) is 0 Å². The summed E-state index contributed by atoms with van der Waals surface area (Å²) < 4.78 is 63.1. The molecule has 8 heteroatoms. The lowest BCUT2D eigenvalue weighted by Gasteiger charge is -2.20. The minimum absolute atomic E-state index is 0.936. The molecule has 0 radical (unpaired) electrons. The number of likely N-dealkylation sites (N-methyl/N-ethyl adjacent to an activating group) is 1. The Morgan fingerprint density at radius 2 is 1.80 bits per heavy atom. The summed E-state index contributed by atoms with van der Waals surface area (Å²) in [6, 6.07) is -0.936. The second-order valence-corrected chi connectivity index (χ2v) is 2.82. The lowest BCUT2D eigenvalue weighted by molar-refractivity contribution is -0.294. The van der Waals surface area contributed by atoms with Gasteiger partial charge in [-0.15, -0.1) is 0 Å². The Labute approximate surface area is 82.6 Å². The molecule has 3 nitrogen and oxygen atoms in total. The summed E-state index contributed by atoms with van der Waals surface area (Å²) in [6.45, 7) is -0.727. The van der Waals surface area contributed by atoms with E-state index in [1.807, 2.05) is 0 Å². The van der Waals surface area contributed by atoms with Crippen LogP contribution < -0.4 is 5.32 Å². The van der Waals surface area contributed by atoms with Gasteiger partial charge in [0.15, 0.2) is 6.61 Å². The molecule has 1 unspecified atom stereocenters. The van der Waals surface area contributed by atoms with E-state index in [0.717, 1.165) is 0 Å². The van der Waals surface area contributed by atoms with Crippen molar-refractivity contribution in [2.45, 2.75) is 25.1 Å². The van der Waals surface area contributed by atoms with Crippen LogP contribution in [0.4, 0.5) is 22.0 Å². The summed E-state index contributed by atoms with van der Waals surface area (Å²) in [6.07, 6.45) is -5.71. The topological polar surface area (TPSA) is 38.3 Å². The molecule has 0 fully saturated rings. The van der Waals surface area contributed by atoms with E-state index in [-0.39, 0.29) is 0 Å². The van der Waals surface area contributed by atoms with Crippen molar-refractivity contribution < 1.29 is 31.5 Å². The number of carbonyl (C=O) groups excluding carboxylic acids is 1. The van der Waals surface area contributed by atoms with Crippen LogP contribution >= 0.6 is 0 Å². The number of ether oxygens (including phenoxy) is 1. The summed E-state index contributed by atoms with van der Waals surface area (Å²) in [4.78, 5) is 10.8. The van der Waals surface area contributed by atoms with Crippen LogP contribution in [-0.2, 0) is 9.53 Å². The maximum absolute atomic E-state index is 12.2. The molecule has 0 aromatic rings. The van der Waals surface area contributed by atoms with E-state index in [0.29, 0.717) is 0 Å². The quantitative estimate of drug-likeness (QED) is 0.590. The number of esters is 1. The van der Waals surface area contributed by atoms with E-state index < -0.39 is 30.7 Å². The molecule has 0 heterocycles. The summed E-state index contributed by atoms with van der Waals surface area (Å²) >= 11 is 0. The van der Waals surface area contributed by atoms with Crippen molar-refractivity contribution in [2.24, 2.45) is 0 Å². The van der Waals surface area contributed by atoms with E-state index in [1.54, 1.807) is 0 Å². The van der Waals surface area contributed by atoms with Crippen LogP contribution in [0.5, 0.6) is 0 Å². The predicted octanol–water partition coefficient (Wildman–Crippen LogP) is 1.34. The van der Waals surface area contributed by atoms with E-state index in [1.165, 1.54) is 14.0 Å². The maximum Gasteiger partial charge on any atom is 0.456 e. The van der Waals surface area contributed by atoms with Gasteiger partial charge < -0.3 is 10.1 Å². The van der Waals surface area contributed by atoms with Gasteiger partial charge in [0.25, 0.3) is 0 Å². The van der Waals surface area contributed by atoms with E-state index in [2.05, 4.69) is 10.1 Å². The Morgan fingerprint density at radius 1 is 1.33 bits per heavy atom. The third-order valence-corrected chi connectivity index (χ3v) is 1.60. The number of hydrogen-bond acceptors (Lipinski definition) is 3. The standard InChI is InChI=1S/C7H10F5NO2/c1-4(13-2)5(14)15-3-6(8,9)7(10,11)12/h4,13H,3H2,1-2H3. The van der Waals surface area contributed by atoms with Gasteiger partial charge in [-0.2, -0.15) is 22.0 Å². The number of rotatable bonds is 4. The molecular weight excluding hydrogens is 225 g/mol. The second kappa shape index (κ2) is 4.73. The van der Waals surface area contributed by atoms with Crippen molar-refractivity contribution >= 4 is 5.97 Å². The van der Waals surface area contributed by atoms with E-state index >= 15 is 0 Å². The molecule has 1 atom stereocenters. The van der Waals surface area contributed by atoms with Crippen LogP contribution in [0.1, 0.15) is 6.92 Å².